The van der Waals surface area contributed by atoms with Crippen LogP contribution in [-0.2, 0) is 32.0 Å². The van der Waals surface area contributed by atoms with Crippen LogP contribution in [0, 0.1) is 5.92 Å². The summed E-state index contributed by atoms with van der Waals surface area (Å²) < 4.78 is 5.33. The number of rotatable bonds is 19. The van der Waals surface area contributed by atoms with Crippen LogP contribution in [0.4, 0.5) is 10.9 Å². The molecule has 2 aromatic rings. The number of carbonyl (C=O) groups is 3. The number of esters is 1. The molecule has 0 aliphatic heterocycles. The molecule has 2 amide bonds. The van der Waals surface area contributed by atoms with Crippen molar-refractivity contribution in [2.45, 2.75) is 97.3 Å². The quantitative estimate of drug-likeness (QED) is 0.0705. The Hall–Kier alpha value is -4.25. The van der Waals surface area contributed by atoms with Crippen molar-refractivity contribution in [3.05, 3.63) is 83.6 Å². The summed E-state index contributed by atoms with van der Waals surface area (Å²) in [5, 5.41) is 21.0. The molecule has 252 valence electrons. The monoisotopic (exact) mass is 660 g/mol. The highest BCUT2D eigenvalue weighted by atomic mass is 32.1. The SMILES string of the molecule is C=C/C=C(\C=C)CC(=O)N(COC(=O)CCC)c1nnc(CCCCc2ccc(NC(=O)CC(/C=C\C3CCCCC3)=C/C)nn2)s1. The van der Waals surface area contributed by atoms with Crippen LogP contribution in [0.1, 0.15) is 95.2 Å². The molecule has 0 bridgehead atoms. The van der Waals surface area contributed by atoms with Crippen molar-refractivity contribution in [1.82, 2.24) is 20.4 Å². The molecule has 1 aliphatic carbocycles. The molecule has 2 aromatic heterocycles. The van der Waals surface area contributed by atoms with Gasteiger partial charge in [-0.2, -0.15) is 5.10 Å². The Kier molecular flexibility index (Phi) is 16.5. The van der Waals surface area contributed by atoms with Crippen LogP contribution in [0.15, 0.2) is 72.9 Å². The predicted molar refractivity (Wildman–Crippen MR) is 188 cm³/mol. The zero-order chi connectivity index (χ0) is 33.9. The minimum absolute atomic E-state index is 0.0633. The number of aryl methyl sites for hydroxylation is 2. The molecule has 1 saturated carbocycles. The van der Waals surface area contributed by atoms with E-state index in [0.29, 0.717) is 41.7 Å². The molecule has 1 aliphatic rings. The van der Waals surface area contributed by atoms with E-state index in [4.69, 9.17) is 4.74 Å². The number of allylic oxidation sites excluding steroid dienone is 6. The lowest BCUT2D eigenvalue weighted by Crippen LogP contribution is -2.34. The summed E-state index contributed by atoms with van der Waals surface area (Å²) in [7, 11) is 0. The Labute approximate surface area is 282 Å². The maximum Gasteiger partial charge on any atom is 0.307 e. The lowest BCUT2D eigenvalue weighted by molar-refractivity contribution is -0.144. The number of aromatic nitrogens is 4. The van der Waals surface area contributed by atoms with E-state index >= 15 is 0 Å². The van der Waals surface area contributed by atoms with Gasteiger partial charge in [0.25, 0.3) is 0 Å². The van der Waals surface area contributed by atoms with Crippen molar-refractivity contribution in [1.29, 1.82) is 0 Å². The Morgan fingerprint density at radius 3 is 2.49 bits per heavy atom. The lowest BCUT2D eigenvalue weighted by Gasteiger charge is -2.19. The molecule has 10 nitrogen and oxygen atoms in total. The number of anilines is 2. The van der Waals surface area contributed by atoms with E-state index in [1.54, 1.807) is 24.3 Å². The first-order chi connectivity index (χ1) is 22.8. The largest absolute Gasteiger partial charge is 0.444 e. The van der Waals surface area contributed by atoms with E-state index in [9.17, 15) is 14.4 Å². The van der Waals surface area contributed by atoms with Gasteiger partial charge in [0.15, 0.2) is 12.5 Å². The molecule has 0 spiro atoms. The number of unbranched alkanes of at least 4 members (excludes halogenated alkanes) is 1. The molecule has 0 atom stereocenters. The number of hydrogen-bond acceptors (Lipinski definition) is 9. The number of hydrogen-bond donors (Lipinski definition) is 1. The van der Waals surface area contributed by atoms with Gasteiger partial charge in [-0.25, -0.2) is 0 Å². The van der Waals surface area contributed by atoms with Gasteiger partial charge in [-0.1, -0.05) is 87.1 Å². The molecule has 0 unspecified atom stereocenters. The minimum atomic E-state index is -0.376. The Bertz CT molecular complexity index is 1420. The summed E-state index contributed by atoms with van der Waals surface area (Å²) in [6.45, 7) is 11.0. The minimum Gasteiger partial charge on any atom is -0.444 e. The van der Waals surface area contributed by atoms with E-state index in [1.165, 1.54) is 48.3 Å². The van der Waals surface area contributed by atoms with Gasteiger partial charge in [0.1, 0.15) is 5.01 Å². The summed E-state index contributed by atoms with van der Waals surface area (Å²) in [5.41, 5.74) is 2.53. The van der Waals surface area contributed by atoms with E-state index in [2.05, 4.69) is 51.0 Å². The highest BCUT2D eigenvalue weighted by Gasteiger charge is 2.22. The van der Waals surface area contributed by atoms with E-state index in [-0.39, 0.29) is 37.4 Å². The van der Waals surface area contributed by atoms with Crippen LogP contribution in [0.3, 0.4) is 0 Å². The number of amides is 2. The van der Waals surface area contributed by atoms with Gasteiger partial charge in [0.2, 0.25) is 16.9 Å². The van der Waals surface area contributed by atoms with Gasteiger partial charge in [-0.05, 0) is 74.6 Å². The number of nitrogens with one attached hydrogen (secondary N) is 1. The van der Waals surface area contributed by atoms with E-state index < -0.39 is 0 Å². The van der Waals surface area contributed by atoms with Crippen LogP contribution in [-0.4, -0.2) is 44.9 Å². The summed E-state index contributed by atoms with van der Waals surface area (Å²) in [5.74, 6) is 0.285. The molecule has 11 heteroatoms. The summed E-state index contributed by atoms with van der Waals surface area (Å²) in [6, 6.07) is 3.66. The first-order valence-corrected chi connectivity index (χ1v) is 17.3. The van der Waals surface area contributed by atoms with Gasteiger partial charge < -0.3 is 10.1 Å². The topological polar surface area (TPSA) is 127 Å². The second-order valence-electron chi connectivity index (χ2n) is 11.5. The highest BCUT2D eigenvalue weighted by Crippen LogP contribution is 2.26. The molecule has 0 radical (unpaired) electrons. The summed E-state index contributed by atoms with van der Waals surface area (Å²) in [4.78, 5) is 39.1. The zero-order valence-corrected chi connectivity index (χ0v) is 28.6. The predicted octanol–water partition coefficient (Wildman–Crippen LogP) is 7.63. The first-order valence-electron chi connectivity index (χ1n) is 16.5. The molecular formula is C36H48N6O4S. The van der Waals surface area contributed by atoms with Crippen molar-refractivity contribution < 1.29 is 19.1 Å². The van der Waals surface area contributed by atoms with Crippen molar-refractivity contribution >= 4 is 40.1 Å². The normalized spacial score (nSPS) is 14.2. The molecule has 47 heavy (non-hydrogen) atoms. The molecule has 2 heterocycles. The lowest BCUT2D eigenvalue weighted by atomic mass is 9.88. The molecular weight excluding hydrogens is 613 g/mol. The smallest absolute Gasteiger partial charge is 0.307 e. The standard InChI is InChI=1S/C36H48N6O4S/c1-5-14-27(7-3)25-34(44)42(26-46-35(45)15-6-2)36-41-40-33(47-36)19-13-12-18-30-22-23-31(39-38-30)37-32(43)24-28(8-4)20-21-29-16-10-9-11-17-29/h5,7-8,14,20-23,29H,1,3,6,9-13,15-19,24-26H2,2,4H3,(H,37,39,43)/b21-20-,27-14+,28-8+. The van der Waals surface area contributed by atoms with Gasteiger partial charge in [0.05, 0.1) is 18.5 Å². The van der Waals surface area contributed by atoms with E-state index in [0.717, 1.165) is 35.5 Å². The fourth-order valence-corrected chi connectivity index (χ4v) is 5.97. The number of carbonyl (C=O) groups excluding carboxylic acids is 3. The first kappa shape index (κ1) is 37.2. The molecule has 0 saturated heterocycles. The van der Waals surface area contributed by atoms with Crippen LogP contribution >= 0.6 is 11.3 Å². The van der Waals surface area contributed by atoms with Gasteiger partial charge in [0, 0.05) is 12.8 Å². The Balaban J connectivity index is 1.46. The second-order valence-corrected chi connectivity index (χ2v) is 12.6. The fraction of sp³-hybridized carbons (Fsp3) is 0.472. The van der Waals surface area contributed by atoms with Crippen LogP contribution in [0.2, 0.25) is 0 Å². The van der Waals surface area contributed by atoms with Crippen LogP contribution < -0.4 is 10.2 Å². The fourth-order valence-electron chi connectivity index (χ4n) is 5.08. The van der Waals surface area contributed by atoms with Crippen molar-refractivity contribution in [3.8, 4) is 0 Å². The maximum absolute atomic E-state index is 13.1. The molecule has 1 N–H and O–H groups in total. The average Bonchev–Trinajstić information content (AvgIpc) is 3.54. The third kappa shape index (κ3) is 13.6. The summed E-state index contributed by atoms with van der Waals surface area (Å²) >= 11 is 1.30. The molecule has 0 aromatic carbocycles. The Morgan fingerprint density at radius 2 is 1.81 bits per heavy atom. The highest BCUT2D eigenvalue weighted by molar-refractivity contribution is 7.15. The van der Waals surface area contributed by atoms with Crippen molar-refractivity contribution in [2.75, 3.05) is 16.9 Å². The van der Waals surface area contributed by atoms with Gasteiger partial charge >= 0.3 is 5.97 Å². The van der Waals surface area contributed by atoms with Gasteiger partial charge in [-0.15, -0.1) is 15.3 Å². The Morgan fingerprint density at radius 1 is 1.02 bits per heavy atom. The second kappa shape index (κ2) is 20.8. The maximum atomic E-state index is 13.1. The van der Waals surface area contributed by atoms with Gasteiger partial charge in [-0.3, -0.25) is 19.3 Å². The number of ether oxygens (including phenoxy) is 1. The molecule has 3 rings (SSSR count). The van der Waals surface area contributed by atoms with Crippen LogP contribution in [0.5, 0.6) is 0 Å². The van der Waals surface area contributed by atoms with Crippen LogP contribution in [0.25, 0.3) is 0 Å². The third-order valence-corrected chi connectivity index (χ3v) is 8.78. The average molecular weight is 661 g/mol. The van der Waals surface area contributed by atoms with Crippen molar-refractivity contribution in [3.63, 3.8) is 0 Å². The zero-order valence-electron chi connectivity index (χ0n) is 27.8. The number of nitrogens with zero attached hydrogens (tertiary/aromatic N) is 5. The van der Waals surface area contributed by atoms with Crippen molar-refractivity contribution in [2.24, 2.45) is 5.92 Å². The molecule has 1 fully saturated rings. The summed E-state index contributed by atoms with van der Waals surface area (Å²) in [6.07, 6.45) is 22.0. The third-order valence-electron chi connectivity index (χ3n) is 7.77. The van der Waals surface area contributed by atoms with E-state index in [1.807, 2.05) is 26.0 Å².